The predicted octanol–water partition coefficient (Wildman–Crippen LogP) is 1.31. The average molecular weight is 794 g/mol. The molecule has 4 rings (SSSR count). The molecule has 3 heterocycles. The van der Waals surface area contributed by atoms with Crippen LogP contribution in [0.5, 0.6) is 0 Å². The van der Waals surface area contributed by atoms with E-state index in [2.05, 4.69) is 26.3 Å². The van der Waals surface area contributed by atoms with Gasteiger partial charge in [0.15, 0.2) is 17.8 Å². The van der Waals surface area contributed by atoms with Gasteiger partial charge in [-0.15, -0.1) is 6.42 Å². The summed E-state index contributed by atoms with van der Waals surface area (Å²) in [5.41, 5.74) is 0.996. The number of fused-ring (bicyclic) bond motifs is 1. The van der Waals surface area contributed by atoms with Crippen molar-refractivity contribution in [3.63, 3.8) is 0 Å². The molecule has 6 atom stereocenters. The Morgan fingerprint density at radius 3 is 2.15 bits per heavy atom. The van der Waals surface area contributed by atoms with E-state index in [1.165, 1.54) is 6.20 Å². The lowest BCUT2D eigenvalue weighted by atomic mass is 10.1. The van der Waals surface area contributed by atoms with Gasteiger partial charge >= 0.3 is 15.2 Å². The third-order valence-electron chi connectivity index (χ3n) is 7.28. The molecule has 0 bridgehead atoms. The van der Waals surface area contributed by atoms with E-state index in [9.17, 15) is 24.2 Å². The van der Waals surface area contributed by atoms with Gasteiger partial charge in [-0.1, -0.05) is 36.3 Å². The van der Waals surface area contributed by atoms with Crippen molar-refractivity contribution in [3.05, 3.63) is 47.4 Å². The maximum atomic E-state index is 12.1. The number of halogens is 1. The molecule has 6 N–H and O–H groups in total. The summed E-state index contributed by atoms with van der Waals surface area (Å²) in [6, 6.07) is 9.02. The Hall–Kier alpha value is -2.60. The summed E-state index contributed by atoms with van der Waals surface area (Å²) < 4.78 is 62.4. The van der Waals surface area contributed by atoms with E-state index in [1.807, 2.05) is 30.3 Å². The molecule has 22 heteroatoms. The number of hydrogen-bond donors (Lipinski definition) is 6. The quantitative estimate of drug-likeness (QED) is 0.0323. The van der Waals surface area contributed by atoms with Crippen LogP contribution in [0, 0.1) is 12.3 Å². The van der Waals surface area contributed by atoms with Gasteiger partial charge in [0.25, 0.3) is 0 Å². The number of aromatic nitrogens is 4. The lowest BCUT2D eigenvalue weighted by molar-refractivity contribution is -0.0541. The van der Waals surface area contributed by atoms with Gasteiger partial charge in [-0.25, -0.2) is 4.68 Å². The third kappa shape index (κ3) is 13.4. The number of benzene rings is 1. The van der Waals surface area contributed by atoms with Crippen molar-refractivity contribution in [2.45, 2.75) is 30.6 Å². The van der Waals surface area contributed by atoms with Crippen LogP contribution >= 0.6 is 26.8 Å². The molecule has 2 aromatic heterocycles. The second-order valence-electron chi connectivity index (χ2n) is 11.2. The van der Waals surface area contributed by atoms with E-state index in [-0.39, 0.29) is 30.0 Å². The number of nitrogens with zero attached hydrogens (tertiary/aromatic N) is 4. The highest BCUT2D eigenvalue weighted by Gasteiger charge is 2.46. The van der Waals surface area contributed by atoms with Crippen LogP contribution in [-0.4, -0.2) is 142 Å². The number of hydrogen-bond acceptors (Lipinski definition) is 15. The highest BCUT2D eigenvalue weighted by atomic mass is 35.5. The standard InChI is InChI=1S/C30H42ClN5O14P2/c1-2-8-44-9-10-45-11-12-46-13-14-47-15-16-48-18-23(21-6-4-3-5-7-21)33-27-22-17-32-36(28(22)35-30(31)34-27)29-26(38)25(37)24(50-29)19-49-52(42,43)20-51(39,40)41/h1,3-7,17,23-26,29,37-38H,8-16,18-20H2,(H,42,43)(H,33,34,35)(H2,39,40,41)/t23-,24+,25+,26+,29+/m0/s1. The summed E-state index contributed by atoms with van der Waals surface area (Å²) in [6.07, 6.45) is 0.566. The first-order valence-electron chi connectivity index (χ1n) is 16.0. The van der Waals surface area contributed by atoms with Crippen LogP contribution in [0.2, 0.25) is 5.28 Å². The third-order valence-corrected chi connectivity index (χ3v) is 10.9. The van der Waals surface area contributed by atoms with Gasteiger partial charge < -0.3 is 63.2 Å². The Morgan fingerprint density at radius 2 is 1.54 bits per heavy atom. The molecule has 288 valence electrons. The number of nitrogens with one attached hydrogen (secondary N) is 1. The van der Waals surface area contributed by atoms with E-state index in [0.717, 1.165) is 10.2 Å². The zero-order valence-electron chi connectivity index (χ0n) is 27.9. The summed E-state index contributed by atoms with van der Waals surface area (Å²) in [6.45, 7) is 2.79. The highest BCUT2D eigenvalue weighted by molar-refractivity contribution is 7.70. The van der Waals surface area contributed by atoms with Crippen LogP contribution in [0.15, 0.2) is 36.5 Å². The Balaban J connectivity index is 1.32. The molecule has 0 radical (unpaired) electrons. The fraction of sp³-hybridized carbons (Fsp3) is 0.567. The molecular weight excluding hydrogens is 752 g/mol. The summed E-state index contributed by atoms with van der Waals surface area (Å²) in [5.74, 6) is 1.24. The molecule has 3 aromatic rings. The lowest BCUT2D eigenvalue weighted by Crippen LogP contribution is -2.33. The van der Waals surface area contributed by atoms with Gasteiger partial charge in [0, 0.05) is 0 Å². The first-order valence-corrected chi connectivity index (χ1v) is 19.9. The molecule has 0 aliphatic carbocycles. The van der Waals surface area contributed by atoms with Crippen molar-refractivity contribution in [3.8, 4) is 12.3 Å². The molecule has 52 heavy (non-hydrogen) atoms. The largest absolute Gasteiger partial charge is 0.387 e. The van der Waals surface area contributed by atoms with Gasteiger partial charge in [-0.05, 0) is 17.2 Å². The fourth-order valence-electron chi connectivity index (χ4n) is 4.91. The van der Waals surface area contributed by atoms with Crippen LogP contribution in [0.25, 0.3) is 11.0 Å². The molecule has 0 amide bonds. The zero-order chi connectivity index (χ0) is 37.6. The second-order valence-corrected chi connectivity index (χ2v) is 15.6. The molecular formula is C30H42ClN5O14P2. The van der Waals surface area contributed by atoms with Gasteiger partial charge in [0.2, 0.25) is 5.28 Å². The number of ether oxygens (including phenoxy) is 6. The van der Waals surface area contributed by atoms with Gasteiger partial charge in [-0.2, -0.15) is 15.1 Å². The van der Waals surface area contributed by atoms with Gasteiger partial charge in [0.1, 0.15) is 30.7 Å². The Kier molecular flexibility index (Phi) is 16.8. The van der Waals surface area contributed by atoms with Crippen molar-refractivity contribution in [2.75, 3.05) is 83.9 Å². The average Bonchev–Trinajstić information content (AvgIpc) is 3.63. The SMILES string of the molecule is C#CCOCCOCCOCCOCCOC[C@H](Nc1nc(Cl)nc2c1cnn2[C@@H]1O[C@H](COP(=O)(O)CP(=O)(O)O)[C@@H](O)[C@H]1O)c1ccccc1. The number of anilines is 1. The van der Waals surface area contributed by atoms with Crippen molar-refractivity contribution >= 4 is 43.6 Å². The van der Waals surface area contributed by atoms with Crippen LogP contribution < -0.4 is 5.32 Å². The number of terminal acetylenes is 1. The van der Waals surface area contributed by atoms with Crippen LogP contribution in [-0.2, 0) is 42.1 Å². The number of aliphatic hydroxyl groups is 2. The first-order chi connectivity index (χ1) is 24.9. The van der Waals surface area contributed by atoms with Crippen molar-refractivity contribution < 1.29 is 67.0 Å². The monoisotopic (exact) mass is 793 g/mol. The molecule has 1 aliphatic rings. The fourth-order valence-corrected chi connectivity index (χ4v) is 7.64. The summed E-state index contributed by atoms with van der Waals surface area (Å²) >= 11 is 6.31. The van der Waals surface area contributed by atoms with E-state index in [1.54, 1.807) is 0 Å². The molecule has 1 fully saturated rings. The van der Waals surface area contributed by atoms with Crippen LogP contribution in [0.1, 0.15) is 17.8 Å². The van der Waals surface area contributed by atoms with E-state index in [0.29, 0.717) is 58.2 Å². The van der Waals surface area contributed by atoms with Gasteiger partial charge in [0.05, 0.1) is 83.7 Å². The molecule has 1 unspecified atom stereocenters. The zero-order valence-corrected chi connectivity index (χ0v) is 30.4. The topological polar surface area (TPSA) is 256 Å². The number of rotatable bonds is 24. The Bertz CT molecular complexity index is 1680. The molecule has 19 nitrogen and oxygen atoms in total. The Labute approximate surface area is 304 Å². The maximum absolute atomic E-state index is 12.1. The van der Waals surface area contributed by atoms with E-state index >= 15 is 0 Å². The molecule has 0 spiro atoms. The minimum absolute atomic E-state index is 0.124. The molecule has 1 saturated heterocycles. The van der Waals surface area contributed by atoms with E-state index in [4.69, 9.17) is 60.8 Å². The maximum Gasteiger partial charge on any atom is 0.340 e. The van der Waals surface area contributed by atoms with Crippen molar-refractivity contribution in [1.82, 2.24) is 19.7 Å². The van der Waals surface area contributed by atoms with Crippen LogP contribution in [0.4, 0.5) is 5.82 Å². The van der Waals surface area contributed by atoms with E-state index < -0.39 is 58.3 Å². The minimum Gasteiger partial charge on any atom is -0.387 e. The first kappa shape index (κ1) is 42.1. The minimum atomic E-state index is -4.88. The van der Waals surface area contributed by atoms with Crippen molar-refractivity contribution in [1.29, 1.82) is 0 Å². The lowest BCUT2D eigenvalue weighted by Gasteiger charge is -2.21. The molecule has 0 saturated carbocycles. The molecule has 1 aliphatic heterocycles. The summed E-state index contributed by atoms with van der Waals surface area (Å²) in [7, 11) is -9.63. The smallest absolute Gasteiger partial charge is 0.340 e. The normalized spacial score (nSPS) is 20.9. The van der Waals surface area contributed by atoms with Crippen molar-refractivity contribution in [2.24, 2.45) is 0 Å². The number of aliphatic hydroxyl groups excluding tert-OH is 2. The summed E-state index contributed by atoms with van der Waals surface area (Å²) in [5, 5.41) is 29.2. The highest BCUT2D eigenvalue weighted by Crippen LogP contribution is 2.55. The predicted molar refractivity (Wildman–Crippen MR) is 185 cm³/mol. The molecule has 1 aromatic carbocycles. The second kappa shape index (κ2) is 20.7. The van der Waals surface area contributed by atoms with Crippen LogP contribution in [0.3, 0.4) is 0 Å². The summed E-state index contributed by atoms with van der Waals surface area (Å²) in [4.78, 5) is 36.4. The Morgan fingerprint density at radius 1 is 0.923 bits per heavy atom. The van der Waals surface area contributed by atoms with Gasteiger partial charge in [-0.3, -0.25) is 9.13 Å².